The van der Waals surface area contributed by atoms with E-state index in [0.717, 1.165) is 15.4 Å². The predicted octanol–water partition coefficient (Wildman–Crippen LogP) is 5.50. The third-order valence-electron chi connectivity index (χ3n) is 7.21. The monoisotopic (exact) mass is 631 g/mol. The maximum absolute atomic E-state index is 14.5. The molecule has 0 heterocycles. The van der Waals surface area contributed by atoms with Gasteiger partial charge in [0.25, 0.3) is 10.0 Å². The van der Waals surface area contributed by atoms with Gasteiger partial charge in [-0.05, 0) is 68.3 Å². The molecule has 4 aromatic rings. The second kappa shape index (κ2) is 14.9. The Bertz CT molecular complexity index is 1700. The number of ether oxygens (including phenoxy) is 1. The fraction of sp³-hybridized carbons (Fsp3) is 0.257. The largest absolute Gasteiger partial charge is 0.495 e. The number of nitrogens with zero attached hydrogens (tertiary/aromatic N) is 2. The minimum absolute atomic E-state index is 0.00437. The molecule has 0 spiro atoms. The fourth-order valence-electron chi connectivity index (χ4n) is 4.91. The number of anilines is 1. The minimum atomic E-state index is -4.28. The van der Waals surface area contributed by atoms with Crippen LogP contribution in [-0.4, -0.2) is 50.9 Å². The molecule has 0 aliphatic heterocycles. The van der Waals surface area contributed by atoms with Gasteiger partial charge in [-0.2, -0.15) is 0 Å². The molecule has 4 rings (SSSR count). The van der Waals surface area contributed by atoms with Gasteiger partial charge in [0.2, 0.25) is 11.8 Å². The molecule has 45 heavy (non-hydrogen) atoms. The summed E-state index contributed by atoms with van der Waals surface area (Å²) in [6.07, 6.45) is 0.172. The number of benzene rings is 4. The first kappa shape index (κ1) is 33.2. The standard InChI is InChI=1S/C35H38FN3O5S/c1-25(2)37-35(41)32(22-27-10-6-5-7-11-27)38(23-28-16-18-29(36)19-17-28)34(40)24-39(31-12-8-9-13-33(31)44-4)45(42,43)30-20-14-26(3)15-21-30/h5-21,25,32H,22-24H2,1-4H3,(H,37,41). The van der Waals surface area contributed by atoms with Crippen LogP contribution in [0, 0.1) is 12.7 Å². The van der Waals surface area contributed by atoms with Crippen molar-refractivity contribution in [3.05, 3.63) is 126 Å². The van der Waals surface area contributed by atoms with Crippen LogP contribution in [0.25, 0.3) is 0 Å². The summed E-state index contributed by atoms with van der Waals surface area (Å²) in [5, 5.41) is 2.91. The molecule has 4 aromatic carbocycles. The smallest absolute Gasteiger partial charge is 0.264 e. The number of nitrogens with one attached hydrogen (secondary N) is 1. The molecule has 8 nitrogen and oxygen atoms in total. The molecular weight excluding hydrogens is 593 g/mol. The van der Waals surface area contributed by atoms with Gasteiger partial charge in [-0.1, -0.05) is 72.3 Å². The summed E-state index contributed by atoms with van der Waals surface area (Å²) in [7, 11) is -2.86. The van der Waals surface area contributed by atoms with E-state index < -0.39 is 40.2 Å². The van der Waals surface area contributed by atoms with E-state index >= 15 is 0 Å². The Morgan fingerprint density at radius 2 is 1.47 bits per heavy atom. The normalized spacial score (nSPS) is 12.0. The molecular formula is C35H38FN3O5S. The summed E-state index contributed by atoms with van der Waals surface area (Å²) < 4.78 is 48.7. The van der Waals surface area contributed by atoms with Gasteiger partial charge < -0.3 is 15.0 Å². The Morgan fingerprint density at radius 1 is 0.844 bits per heavy atom. The van der Waals surface area contributed by atoms with Crippen LogP contribution in [-0.2, 0) is 32.6 Å². The number of halogens is 1. The number of methoxy groups -OCH3 is 1. The molecule has 0 saturated carbocycles. The van der Waals surface area contributed by atoms with Crippen molar-refractivity contribution in [2.75, 3.05) is 18.0 Å². The molecule has 0 saturated heterocycles. The lowest BCUT2D eigenvalue weighted by Crippen LogP contribution is -2.54. The van der Waals surface area contributed by atoms with Gasteiger partial charge >= 0.3 is 0 Å². The van der Waals surface area contributed by atoms with E-state index in [1.54, 1.807) is 36.4 Å². The molecule has 0 aliphatic carbocycles. The zero-order valence-corrected chi connectivity index (χ0v) is 26.6. The van der Waals surface area contributed by atoms with Gasteiger partial charge in [-0.15, -0.1) is 0 Å². The van der Waals surface area contributed by atoms with Gasteiger partial charge in [-0.3, -0.25) is 13.9 Å². The lowest BCUT2D eigenvalue weighted by molar-refractivity contribution is -0.140. The van der Waals surface area contributed by atoms with Crippen molar-refractivity contribution >= 4 is 27.5 Å². The summed E-state index contributed by atoms with van der Waals surface area (Å²) >= 11 is 0. The molecule has 1 atom stereocenters. The van der Waals surface area contributed by atoms with E-state index in [-0.39, 0.29) is 35.3 Å². The van der Waals surface area contributed by atoms with Crippen molar-refractivity contribution in [1.29, 1.82) is 0 Å². The Labute approximate surface area is 264 Å². The van der Waals surface area contributed by atoms with Gasteiger partial charge in [0.1, 0.15) is 24.2 Å². The number of aryl methyl sites for hydroxylation is 1. The molecule has 0 aromatic heterocycles. The number of carbonyl (C=O) groups excluding carboxylic acids is 2. The SMILES string of the molecule is COc1ccccc1N(CC(=O)N(Cc1ccc(F)cc1)C(Cc1ccccc1)C(=O)NC(C)C)S(=O)(=O)c1ccc(C)cc1. The summed E-state index contributed by atoms with van der Waals surface area (Å²) in [5.41, 5.74) is 2.43. The zero-order valence-electron chi connectivity index (χ0n) is 25.8. The molecule has 0 aliphatic rings. The lowest BCUT2D eigenvalue weighted by atomic mass is 10.0. The molecule has 1 unspecified atom stereocenters. The minimum Gasteiger partial charge on any atom is -0.495 e. The van der Waals surface area contributed by atoms with Crippen LogP contribution in [0.1, 0.15) is 30.5 Å². The van der Waals surface area contributed by atoms with Crippen molar-refractivity contribution in [3.8, 4) is 5.75 Å². The number of amides is 2. The lowest BCUT2D eigenvalue weighted by Gasteiger charge is -2.34. The number of rotatable bonds is 13. The first-order valence-corrected chi connectivity index (χ1v) is 16.0. The predicted molar refractivity (Wildman–Crippen MR) is 173 cm³/mol. The summed E-state index contributed by atoms with van der Waals surface area (Å²) in [6, 6.07) is 26.6. The average Bonchev–Trinajstić information content (AvgIpc) is 3.02. The molecule has 0 bridgehead atoms. The van der Waals surface area contributed by atoms with E-state index in [0.29, 0.717) is 5.56 Å². The van der Waals surface area contributed by atoms with Crippen LogP contribution in [0.2, 0.25) is 0 Å². The van der Waals surface area contributed by atoms with Crippen molar-refractivity contribution in [2.45, 2.75) is 50.7 Å². The Balaban J connectivity index is 1.83. The average molecular weight is 632 g/mol. The molecule has 1 N–H and O–H groups in total. The molecule has 10 heteroatoms. The Hall–Kier alpha value is -4.70. The third-order valence-corrected chi connectivity index (χ3v) is 8.98. The van der Waals surface area contributed by atoms with Crippen LogP contribution in [0.4, 0.5) is 10.1 Å². The van der Waals surface area contributed by atoms with Crippen molar-refractivity contribution in [3.63, 3.8) is 0 Å². The van der Waals surface area contributed by atoms with E-state index in [4.69, 9.17) is 4.74 Å². The number of hydrogen-bond donors (Lipinski definition) is 1. The van der Waals surface area contributed by atoms with Crippen LogP contribution >= 0.6 is 0 Å². The zero-order chi connectivity index (χ0) is 32.6. The van der Waals surface area contributed by atoms with E-state index in [2.05, 4.69) is 5.32 Å². The second-order valence-electron chi connectivity index (χ2n) is 11.0. The summed E-state index contributed by atoms with van der Waals surface area (Å²) in [4.78, 5) is 29.6. The van der Waals surface area contributed by atoms with Crippen LogP contribution < -0.4 is 14.4 Å². The maximum atomic E-state index is 14.5. The highest BCUT2D eigenvalue weighted by molar-refractivity contribution is 7.92. The quantitative estimate of drug-likeness (QED) is 0.210. The van der Waals surface area contributed by atoms with Gasteiger partial charge in [0.05, 0.1) is 17.7 Å². The van der Waals surface area contributed by atoms with Crippen molar-refractivity contribution < 1.29 is 27.1 Å². The Kier molecular flexibility index (Phi) is 11.0. The van der Waals surface area contributed by atoms with Gasteiger partial charge in [-0.25, -0.2) is 12.8 Å². The number of carbonyl (C=O) groups is 2. The first-order chi connectivity index (χ1) is 21.5. The summed E-state index contributed by atoms with van der Waals surface area (Å²) in [6.45, 7) is 4.80. The molecule has 2 amide bonds. The van der Waals surface area contributed by atoms with Crippen molar-refractivity contribution in [1.82, 2.24) is 10.2 Å². The van der Waals surface area contributed by atoms with Crippen LogP contribution in [0.5, 0.6) is 5.75 Å². The van der Waals surface area contributed by atoms with Crippen molar-refractivity contribution in [2.24, 2.45) is 0 Å². The Morgan fingerprint density at radius 3 is 2.09 bits per heavy atom. The highest BCUT2D eigenvalue weighted by atomic mass is 32.2. The van der Waals surface area contributed by atoms with E-state index in [9.17, 15) is 22.4 Å². The summed E-state index contributed by atoms with van der Waals surface area (Å²) in [5.74, 6) is -1.21. The molecule has 0 radical (unpaired) electrons. The number of hydrogen-bond acceptors (Lipinski definition) is 5. The number of sulfonamides is 1. The second-order valence-corrected chi connectivity index (χ2v) is 12.9. The number of para-hydroxylation sites is 2. The highest BCUT2D eigenvalue weighted by Gasteiger charge is 2.35. The van der Waals surface area contributed by atoms with Gasteiger partial charge in [0, 0.05) is 19.0 Å². The van der Waals surface area contributed by atoms with Gasteiger partial charge in [0.15, 0.2) is 0 Å². The third kappa shape index (κ3) is 8.48. The van der Waals surface area contributed by atoms with E-state index in [1.807, 2.05) is 51.1 Å². The van der Waals surface area contributed by atoms with Crippen LogP contribution in [0.3, 0.4) is 0 Å². The molecule has 236 valence electrons. The fourth-order valence-corrected chi connectivity index (χ4v) is 6.33. The highest BCUT2D eigenvalue weighted by Crippen LogP contribution is 2.32. The van der Waals surface area contributed by atoms with Crippen LogP contribution in [0.15, 0.2) is 108 Å². The topological polar surface area (TPSA) is 96.0 Å². The first-order valence-electron chi connectivity index (χ1n) is 14.6. The van der Waals surface area contributed by atoms with E-state index in [1.165, 1.54) is 48.4 Å². The maximum Gasteiger partial charge on any atom is 0.264 e. The molecule has 0 fully saturated rings.